The van der Waals surface area contributed by atoms with E-state index in [0.29, 0.717) is 18.0 Å². The Balaban J connectivity index is 1.87. The molecule has 1 aromatic heterocycles. The van der Waals surface area contributed by atoms with Crippen LogP contribution in [0.25, 0.3) is 0 Å². The number of nitrogens with zero attached hydrogens (tertiary/aromatic N) is 1. The number of benzene rings is 1. The van der Waals surface area contributed by atoms with E-state index < -0.39 is 10.0 Å². The van der Waals surface area contributed by atoms with Gasteiger partial charge in [0, 0.05) is 24.7 Å². The van der Waals surface area contributed by atoms with Crippen LogP contribution < -0.4 is 5.32 Å². The van der Waals surface area contributed by atoms with E-state index in [-0.39, 0.29) is 24.8 Å². The molecule has 0 atom stereocenters. The van der Waals surface area contributed by atoms with Gasteiger partial charge >= 0.3 is 0 Å². The van der Waals surface area contributed by atoms with Gasteiger partial charge in [0.1, 0.15) is 0 Å². The molecule has 0 bridgehead atoms. The van der Waals surface area contributed by atoms with Crippen molar-refractivity contribution in [1.82, 2.24) is 9.62 Å². The Morgan fingerprint density at radius 2 is 1.92 bits per heavy atom. The van der Waals surface area contributed by atoms with Crippen LogP contribution in [0.2, 0.25) is 5.02 Å². The molecule has 130 valence electrons. The fourth-order valence-electron chi connectivity index (χ4n) is 2.14. The first-order valence-electron chi connectivity index (χ1n) is 7.37. The molecule has 0 aliphatic heterocycles. The van der Waals surface area contributed by atoms with Gasteiger partial charge in [0.2, 0.25) is 10.0 Å². The van der Waals surface area contributed by atoms with Crippen molar-refractivity contribution >= 4 is 27.5 Å². The van der Waals surface area contributed by atoms with Crippen molar-refractivity contribution in [2.24, 2.45) is 0 Å². The van der Waals surface area contributed by atoms with Crippen LogP contribution in [0.3, 0.4) is 0 Å². The zero-order valence-corrected chi connectivity index (χ0v) is 14.8. The molecule has 0 saturated heterocycles. The monoisotopic (exact) mass is 370 g/mol. The minimum Gasteiger partial charge on any atom is -0.459 e. The summed E-state index contributed by atoms with van der Waals surface area (Å²) in [7, 11) is -3.36. The molecule has 0 fully saturated rings. The second kappa shape index (κ2) is 8.32. The van der Waals surface area contributed by atoms with Crippen LogP contribution in [0.5, 0.6) is 0 Å². The van der Waals surface area contributed by atoms with Gasteiger partial charge in [0.15, 0.2) is 5.76 Å². The summed E-state index contributed by atoms with van der Waals surface area (Å²) in [6, 6.07) is 10.4. The molecule has 2 aromatic rings. The second-order valence-corrected chi connectivity index (χ2v) is 7.69. The highest BCUT2D eigenvalue weighted by Crippen LogP contribution is 2.11. The fourth-order valence-corrected chi connectivity index (χ4v) is 3.11. The average molecular weight is 371 g/mol. The van der Waals surface area contributed by atoms with Crippen molar-refractivity contribution in [3.8, 4) is 0 Å². The van der Waals surface area contributed by atoms with E-state index in [4.69, 9.17) is 16.0 Å². The van der Waals surface area contributed by atoms with Crippen molar-refractivity contribution in [2.75, 3.05) is 25.9 Å². The van der Waals surface area contributed by atoms with E-state index >= 15 is 0 Å². The first-order chi connectivity index (χ1) is 11.4. The third-order valence-electron chi connectivity index (χ3n) is 3.42. The predicted octanol–water partition coefficient (Wildman–Crippen LogP) is 2.17. The topological polar surface area (TPSA) is 79.6 Å². The van der Waals surface area contributed by atoms with Gasteiger partial charge in [-0.1, -0.05) is 23.7 Å². The van der Waals surface area contributed by atoms with Gasteiger partial charge < -0.3 is 9.73 Å². The lowest BCUT2D eigenvalue weighted by atomic mass is 10.1. The summed E-state index contributed by atoms with van der Waals surface area (Å²) in [6.45, 7) is 0.725. The van der Waals surface area contributed by atoms with E-state index in [1.807, 2.05) is 12.1 Å². The number of halogens is 1. The summed E-state index contributed by atoms with van der Waals surface area (Å²) in [5, 5.41) is 3.28. The molecule has 8 heteroatoms. The number of carbonyl (C=O) groups excluding carboxylic acids is 1. The van der Waals surface area contributed by atoms with Crippen LogP contribution in [-0.2, 0) is 16.4 Å². The zero-order chi connectivity index (χ0) is 17.6. The molecule has 0 aliphatic rings. The molecule has 6 nitrogen and oxygen atoms in total. The van der Waals surface area contributed by atoms with Crippen LogP contribution in [-0.4, -0.2) is 44.5 Å². The summed E-state index contributed by atoms with van der Waals surface area (Å²) in [5.74, 6) is -0.173. The van der Waals surface area contributed by atoms with Gasteiger partial charge in [-0.2, -0.15) is 0 Å². The molecule has 2 rings (SSSR count). The molecule has 1 heterocycles. The molecule has 24 heavy (non-hydrogen) atoms. The van der Waals surface area contributed by atoms with Crippen LogP contribution in [0, 0.1) is 0 Å². The van der Waals surface area contributed by atoms with Crippen molar-refractivity contribution in [3.63, 3.8) is 0 Å². The summed E-state index contributed by atoms with van der Waals surface area (Å²) in [5.41, 5.74) is 0.993. The maximum Gasteiger partial charge on any atom is 0.287 e. The quantitative estimate of drug-likeness (QED) is 0.772. The van der Waals surface area contributed by atoms with E-state index in [1.165, 1.54) is 10.6 Å². The average Bonchev–Trinajstić information content (AvgIpc) is 3.05. The molecular weight excluding hydrogens is 352 g/mol. The van der Waals surface area contributed by atoms with Crippen molar-refractivity contribution < 1.29 is 17.6 Å². The lowest BCUT2D eigenvalue weighted by Crippen LogP contribution is -2.39. The lowest BCUT2D eigenvalue weighted by Gasteiger charge is -2.20. The zero-order valence-electron chi connectivity index (χ0n) is 13.2. The number of amides is 1. The van der Waals surface area contributed by atoms with Gasteiger partial charge in [-0.3, -0.25) is 4.79 Å². The third-order valence-corrected chi connectivity index (χ3v) is 4.98. The minimum atomic E-state index is -3.36. The first kappa shape index (κ1) is 18.5. The highest BCUT2D eigenvalue weighted by molar-refractivity contribution is 7.88. The van der Waals surface area contributed by atoms with E-state index in [1.54, 1.807) is 24.3 Å². The van der Waals surface area contributed by atoms with Gasteiger partial charge in [-0.15, -0.1) is 0 Å². The molecule has 0 radical (unpaired) electrons. The molecule has 0 unspecified atom stereocenters. The van der Waals surface area contributed by atoms with Gasteiger partial charge in [0.25, 0.3) is 5.91 Å². The molecule has 0 spiro atoms. The Kier molecular flexibility index (Phi) is 6.42. The SMILES string of the molecule is CS(=O)(=O)N(CCNC(=O)c1ccco1)CCc1ccc(Cl)cc1. The van der Waals surface area contributed by atoms with Crippen LogP contribution in [0.15, 0.2) is 47.1 Å². The number of hydrogen-bond donors (Lipinski definition) is 1. The van der Waals surface area contributed by atoms with Gasteiger partial charge in [0.05, 0.1) is 12.5 Å². The van der Waals surface area contributed by atoms with E-state index in [0.717, 1.165) is 11.8 Å². The minimum absolute atomic E-state index is 0.193. The second-order valence-electron chi connectivity index (χ2n) is 5.27. The molecule has 0 saturated carbocycles. The lowest BCUT2D eigenvalue weighted by molar-refractivity contribution is 0.0924. The molecule has 1 aromatic carbocycles. The van der Waals surface area contributed by atoms with Crippen LogP contribution >= 0.6 is 11.6 Å². The van der Waals surface area contributed by atoms with Crippen LogP contribution in [0.4, 0.5) is 0 Å². The van der Waals surface area contributed by atoms with Gasteiger partial charge in [-0.25, -0.2) is 12.7 Å². The number of hydrogen-bond acceptors (Lipinski definition) is 4. The number of carbonyl (C=O) groups is 1. The van der Waals surface area contributed by atoms with E-state index in [9.17, 15) is 13.2 Å². The maximum absolute atomic E-state index is 11.9. The summed E-state index contributed by atoms with van der Waals surface area (Å²) in [4.78, 5) is 11.8. The maximum atomic E-state index is 11.9. The first-order valence-corrected chi connectivity index (χ1v) is 9.60. The predicted molar refractivity (Wildman–Crippen MR) is 92.6 cm³/mol. The number of rotatable bonds is 8. The molecule has 0 aliphatic carbocycles. The standard InChI is InChI=1S/C16H19ClN2O4S/c1-24(21,22)19(10-8-13-4-6-14(17)7-5-13)11-9-18-16(20)15-3-2-12-23-15/h2-7,12H,8-11H2,1H3,(H,18,20). The van der Waals surface area contributed by atoms with Crippen molar-refractivity contribution in [1.29, 1.82) is 0 Å². The smallest absolute Gasteiger partial charge is 0.287 e. The molecule has 1 amide bonds. The summed E-state index contributed by atoms with van der Waals surface area (Å²) in [6.07, 6.45) is 3.13. The number of sulfonamides is 1. The summed E-state index contributed by atoms with van der Waals surface area (Å²) >= 11 is 5.83. The Morgan fingerprint density at radius 3 is 2.50 bits per heavy atom. The van der Waals surface area contributed by atoms with E-state index in [2.05, 4.69) is 5.32 Å². The van der Waals surface area contributed by atoms with Crippen molar-refractivity contribution in [2.45, 2.75) is 6.42 Å². The summed E-state index contributed by atoms with van der Waals surface area (Å²) < 4.78 is 30.1. The number of furan rings is 1. The normalized spacial score (nSPS) is 11.6. The fraction of sp³-hybridized carbons (Fsp3) is 0.312. The highest BCUT2D eigenvalue weighted by atomic mass is 35.5. The Morgan fingerprint density at radius 1 is 1.21 bits per heavy atom. The van der Waals surface area contributed by atoms with Crippen LogP contribution in [0.1, 0.15) is 16.1 Å². The van der Waals surface area contributed by atoms with Crippen molar-refractivity contribution in [3.05, 3.63) is 59.0 Å². The molecule has 1 N–H and O–H groups in total. The Hall–Kier alpha value is -1.83. The molecular formula is C16H19ClN2O4S. The largest absolute Gasteiger partial charge is 0.459 e. The Labute approximate surface area is 146 Å². The Bertz CT molecular complexity index is 758. The highest BCUT2D eigenvalue weighted by Gasteiger charge is 2.17. The third kappa shape index (κ3) is 5.67. The van der Waals surface area contributed by atoms with Gasteiger partial charge in [-0.05, 0) is 36.2 Å². The number of nitrogens with one attached hydrogen (secondary N) is 1.